The highest BCUT2D eigenvalue weighted by molar-refractivity contribution is 5.92. The number of aliphatic hydroxyl groups is 1. The Labute approximate surface area is 174 Å². The average molecular weight is 402 g/mol. The highest BCUT2D eigenvalue weighted by Crippen LogP contribution is 2.27. The van der Waals surface area contributed by atoms with Gasteiger partial charge in [0.1, 0.15) is 11.3 Å². The van der Waals surface area contributed by atoms with Crippen molar-refractivity contribution in [3.05, 3.63) is 77.9 Å². The summed E-state index contributed by atoms with van der Waals surface area (Å²) in [6, 6.07) is 20.2. The summed E-state index contributed by atoms with van der Waals surface area (Å²) in [5.41, 5.74) is 4.56. The number of aliphatic hydroxyl groups excluding tert-OH is 1. The normalized spacial score (nSPS) is 12.0. The lowest BCUT2D eigenvalue weighted by Gasteiger charge is -2.09. The van der Waals surface area contributed by atoms with Crippen LogP contribution in [0.2, 0.25) is 0 Å². The van der Waals surface area contributed by atoms with Gasteiger partial charge < -0.3 is 19.6 Å². The van der Waals surface area contributed by atoms with Crippen molar-refractivity contribution in [3.8, 4) is 17.2 Å². The monoisotopic (exact) mass is 402 g/mol. The zero-order valence-corrected chi connectivity index (χ0v) is 16.8. The van der Waals surface area contributed by atoms with Gasteiger partial charge in [-0.15, -0.1) is 0 Å². The van der Waals surface area contributed by atoms with Crippen LogP contribution in [-0.2, 0) is 4.79 Å². The molecular formula is C24H22N2O4. The van der Waals surface area contributed by atoms with Crippen molar-refractivity contribution in [2.45, 2.75) is 20.0 Å². The average Bonchev–Trinajstić information content (AvgIpc) is 3.17. The molecule has 0 aliphatic heterocycles. The van der Waals surface area contributed by atoms with Crippen LogP contribution in [0.25, 0.3) is 22.6 Å². The molecule has 0 spiro atoms. The second-order valence-corrected chi connectivity index (χ2v) is 7.10. The molecule has 0 radical (unpaired) electrons. The van der Waals surface area contributed by atoms with Gasteiger partial charge in [-0.05, 0) is 67.4 Å². The molecule has 0 aliphatic rings. The first-order valence-electron chi connectivity index (χ1n) is 9.67. The molecule has 1 unspecified atom stereocenters. The van der Waals surface area contributed by atoms with Crippen molar-refractivity contribution in [1.29, 1.82) is 0 Å². The summed E-state index contributed by atoms with van der Waals surface area (Å²) in [4.78, 5) is 16.7. The van der Waals surface area contributed by atoms with E-state index in [0.717, 1.165) is 16.7 Å². The molecule has 0 saturated carbocycles. The van der Waals surface area contributed by atoms with E-state index in [1.54, 1.807) is 25.1 Å². The number of carbonyl (C=O) groups excluding carboxylic acids is 1. The lowest BCUT2D eigenvalue weighted by molar-refractivity contribution is -0.118. The molecule has 0 bridgehead atoms. The van der Waals surface area contributed by atoms with Gasteiger partial charge >= 0.3 is 0 Å². The van der Waals surface area contributed by atoms with Crippen molar-refractivity contribution in [3.63, 3.8) is 0 Å². The Bertz CT molecular complexity index is 1180. The minimum atomic E-state index is -0.563. The maximum absolute atomic E-state index is 12.2. The van der Waals surface area contributed by atoms with E-state index in [1.807, 2.05) is 55.5 Å². The van der Waals surface area contributed by atoms with Crippen LogP contribution in [0.1, 0.15) is 24.2 Å². The number of hydrogen-bond donors (Lipinski definition) is 2. The highest BCUT2D eigenvalue weighted by atomic mass is 16.5. The third kappa shape index (κ3) is 4.34. The number of aromatic nitrogens is 1. The Kier molecular flexibility index (Phi) is 5.50. The number of carbonyl (C=O) groups is 1. The maximum atomic E-state index is 12.2. The van der Waals surface area contributed by atoms with E-state index in [4.69, 9.17) is 9.15 Å². The Balaban J connectivity index is 1.42. The number of rotatable bonds is 6. The van der Waals surface area contributed by atoms with Crippen LogP contribution in [0, 0.1) is 6.92 Å². The third-order valence-corrected chi connectivity index (χ3v) is 4.76. The molecule has 6 heteroatoms. The van der Waals surface area contributed by atoms with Gasteiger partial charge in [-0.2, -0.15) is 0 Å². The van der Waals surface area contributed by atoms with Crippen molar-refractivity contribution < 1.29 is 19.1 Å². The van der Waals surface area contributed by atoms with Crippen molar-refractivity contribution in [2.24, 2.45) is 0 Å². The number of oxazole rings is 1. The summed E-state index contributed by atoms with van der Waals surface area (Å²) in [5, 5.41) is 12.5. The summed E-state index contributed by atoms with van der Waals surface area (Å²) in [5.74, 6) is 0.935. The second-order valence-electron chi connectivity index (χ2n) is 7.10. The van der Waals surface area contributed by atoms with Crippen LogP contribution >= 0.6 is 0 Å². The number of hydrogen-bond acceptors (Lipinski definition) is 5. The number of fused-ring (bicyclic) bond motifs is 1. The summed E-state index contributed by atoms with van der Waals surface area (Å²) in [6.07, 6.45) is -0.563. The largest absolute Gasteiger partial charge is 0.483 e. The van der Waals surface area contributed by atoms with Crippen LogP contribution in [0.4, 0.5) is 5.69 Å². The van der Waals surface area contributed by atoms with Gasteiger partial charge in [-0.1, -0.05) is 24.3 Å². The van der Waals surface area contributed by atoms with Gasteiger partial charge in [0, 0.05) is 11.3 Å². The van der Waals surface area contributed by atoms with E-state index < -0.39 is 6.10 Å². The minimum Gasteiger partial charge on any atom is -0.483 e. The predicted molar refractivity (Wildman–Crippen MR) is 115 cm³/mol. The molecule has 4 rings (SSSR count). The molecule has 0 fully saturated rings. The van der Waals surface area contributed by atoms with Gasteiger partial charge in [0.2, 0.25) is 5.89 Å². The van der Waals surface area contributed by atoms with Crippen LogP contribution < -0.4 is 10.1 Å². The molecule has 0 aliphatic carbocycles. The lowest BCUT2D eigenvalue weighted by atomic mass is 10.1. The van der Waals surface area contributed by atoms with Crippen molar-refractivity contribution >= 4 is 22.7 Å². The zero-order chi connectivity index (χ0) is 21.1. The number of ether oxygens (including phenoxy) is 1. The number of amides is 1. The topological polar surface area (TPSA) is 84.6 Å². The number of aryl methyl sites for hydroxylation is 1. The van der Waals surface area contributed by atoms with Gasteiger partial charge in [0.15, 0.2) is 12.2 Å². The fourth-order valence-corrected chi connectivity index (χ4v) is 3.08. The zero-order valence-electron chi connectivity index (χ0n) is 16.8. The molecule has 152 valence electrons. The van der Waals surface area contributed by atoms with Gasteiger partial charge in [0.25, 0.3) is 5.91 Å². The Morgan fingerprint density at radius 1 is 1.13 bits per heavy atom. The molecule has 1 heterocycles. The molecule has 30 heavy (non-hydrogen) atoms. The molecule has 2 N–H and O–H groups in total. The molecule has 4 aromatic rings. The summed E-state index contributed by atoms with van der Waals surface area (Å²) >= 11 is 0. The maximum Gasteiger partial charge on any atom is 0.262 e. The van der Waals surface area contributed by atoms with E-state index in [0.29, 0.717) is 28.4 Å². The first kappa shape index (κ1) is 19.7. The summed E-state index contributed by atoms with van der Waals surface area (Å²) in [6.45, 7) is 3.58. The number of anilines is 1. The van der Waals surface area contributed by atoms with E-state index >= 15 is 0 Å². The first-order valence-corrected chi connectivity index (χ1v) is 9.67. The standard InChI is InChI=1S/C24H22N2O4/c1-15-5-3-4-6-21(15)29-14-23(28)25-19-10-7-17(8-11-19)24-26-20-13-18(16(2)27)9-12-22(20)30-24/h3-13,16,27H,14H2,1-2H3,(H,25,28). The Morgan fingerprint density at radius 2 is 1.90 bits per heavy atom. The first-order chi connectivity index (χ1) is 14.5. The van der Waals surface area contributed by atoms with Gasteiger partial charge in [-0.3, -0.25) is 4.79 Å². The number of para-hydroxylation sites is 1. The Hall–Kier alpha value is -3.64. The van der Waals surface area contributed by atoms with E-state index in [2.05, 4.69) is 10.3 Å². The smallest absolute Gasteiger partial charge is 0.262 e. The highest BCUT2D eigenvalue weighted by Gasteiger charge is 2.11. The third-order valence-electron chi connectivity index (χ3n) is 4.76. The molecule has 1 aromatic heterocycles. The Morgan fingerprint density at radius 3 is 2.63 bits per heavy atom. The fraction of sp³-hybridized carbons (Fsp3) is 0.167. The minimum absolute atomic E-state index is 0.0661. The molecule has 1 amide bonds. The molecule has 1 atom stereocenters. The quantitative estimate of drug-likeness (QED) is 0.480. The van der Waals surface area contributed by atoms with E-state index in [1.165, 1.54) is 0 Å². The van der Waals surface area contributed by atoms with E-state index in [9.17, 15) is 9.90 Å². The summed E-state index contributed by atoms with van der Waals surface area (Å²) in [7, 11) is 0. The summed E-state index contributed by atoms with van der Waals surface area (Å²) < 4.78 is 11.4. The molecule has 0 saturated heterocycles. The van der Waals surface area contributed by atoms with Crippen LogP contribution in [0.3, 0.4) is 0 Å². The van der Waals surface area contributed by atoms with Gasteiger partial charge in [-0.25, -0.2) is 4.98 Å². The number of nitrogens with zero attached hydrogens (tertiary/aromatic N) is 1. The van der Waals surface area contributed by atoms with Crippen LogP contribution in [-0.4, -0.2) is 22.6 Å². The number of benzene rings is 3. The number of nitrogens with one attached hydrogen (secondary N) is 1. The van der Waals surface area contributed by atoms with Crippen LogP contribution in [0.5, 0.6) is 5.75 Å². The predicted octanol–water partition coefficient (Wildman–Crippen LogP) is 4.87. The van der Waals surface area contributed by atoms with Crippen molar-refractivity contribution in [2.75, 3.05) is 11.9 Å². The fourth-order valence-electron chi connectivity index (χ4n) is 3.08. The molecule has 3 aromatic carbocycles. The van der Waals surface area contributed by atoms with Crippen molar-refractivity contribution in [1.82, 2.24) is 4.98 Å². The molecule has 6 nitrogen and oxygen atoms in total. The van der Waals surface area contributed by atoms with Crippen LogP contribution in [0.15, 0.2) is 71.1 Å². The van der Waals surface area contributed by atoms with E-state index in [-0.39, 0.29) is 12.5 Å². The lowest BCUT2D eigenvalue weighted by Crippen LogP contribution is -2.20. The SMILES string of the molecule is Cc1ccccc1OCC(=O)Nc1ccc(-c2nc3cc(C(C)O)ccc3o2)cc1. The second kappa shape index (κ2) is 8.39. The molecular weight excluding hydrogens is 380 g/mol. The van der Waals surface area contributed by atoms with Gasteiger partial charge in [0.05, 0.1) is 6.10 Å².